The van der Waals surface area contributed by atoms with Crippen molar-refractivity contribution in [2.24, 2.45) is 5.14 Å². The van der Waals surface area contributed by atoms with Crippen molar-refractivity contribution in [2.45, 2.75) is 4.90 Å². The number of sulfonamides is 1. The van der Waals surface area contributed by atoms with Gasteiger partial charge in [0.2, 0.25) is 10.0 Å². The molecule has 0 amide bonds. The Bertz CT molecular complexity index is 883. The van der Waals surface area contributed by atoms with Gasteiger partial charge >= 0.3 is 0 Å². The van der Waals surface area contributed by atoms with E-state index < -0.39 is 10.0 Å². The Balaban J connectivity index is 2.12. The quantitative estimate of drug-likeness (QED) is 0.761. The van der Waals surface area contributed by atoms with Gasteiger partial charge in [0.15, 0.2) is 0 Å². The molecule has 20 heavy (non-hydrogen) atoms. The lowest BCUT2D eigenvalue weighted by molar-refractivity contribution is 0.598. The first-order valence-corrected chi connectivity index (χ1v) is 7.40. The van der Waals surface area contributed by atoms with Gasteiger partial charge in [0.05, 0.1) is 4.90 Å². The zero-order valence-corrected chi connectivity index (χ0v) is 11.1. The number of benzene rings is 2. The van der Waals surface area contributed by atoms with E-state index in [0.29, 0.717) is 5.52 Å². The molecule has 1 aromatic heterocycles. The molecule has 1 heterocycles. The van der Waals surface area contributed by atoms with Crippen LogP contribution in [0.2, 0.25) is 0 Å². The van der Waals surface area contributed by atoms with E-state index in [2.05, 4.69) is 4.98 Å². The summed E-state index contributed by atoms with van der Waals surface area (Å²) in [5.74, 6) is -0.310. The molecule has 0 saturated carbocycles. The van der Waals surface area contributed by atoms with Crippen LogP contribution in [0.15, 0.2) is 53.6 Å². The third-order valence-electron chi connectivity index (χ3n) is 3.14. The highest BCUT2D eigenvalue weighted by Crippen LogP contribution is 2.29. The number of nitrogens with two attached hydrogens (primary N) is 1. The Morgan fingerprint density at radius 3 is 2.40 bits per heavy atom. The standard InChI is InChI=1S/C14H11FN2O2S/c15-10-3-6-12-13(8-17-14(12)7-10)9-1-4-11(5-2-9)20(16,18)19/h1-8,17H,(H2,16,18,19). The maximum absolute atomic E-state index is 13.1. The Kier molecular flexibility index (Phi) is 2.84. The largest absolute Gasteiger partial charge is 0.360 e. The number of hydrogen-bond acceptors (Lipinski definition) is 2. The average Bonchev–Trinajstić information content (AvgIpc) is 2.80. The number of halogens is 1. The van der Waals surface area contributed by atoms with Crippen LogP contribution < -0.4 is 5.14 Å². The summed E-state index contributed by atoms with van der Waals surface area (Å²) in [5, 5.41) is 5.93. The molecule has 3 rings (SSSR count). The van der Waals surface area contributed by atoms with Crippen molar-refractivity contribution < 1.29 is 12.8 Å². The number of nitrogens with one attached hydrogen (secondary N) is 1. The summed E-state index contributed by atoms with van der Waals surface area (Å²) in [6.07, 6.45) is 1.76. The monoisotopic (exact) mass is 290 g/mol. The summed E-state index contributed by atoms with van der Waals surface area (Å²) in [6.45, 7) is 0. The molecule has 3 N–H and O–H groups in total. The van der Waals surface area contributed by atoms with Crippen LogP contribution in [-0.4, -0.2) is 13.4 Å². The van der Waals surface area contributed by atoms with E-state index in [1.165, 1.54) is 24.3 Å². The highest BCUT2D eigenvalue weighted by molar-refractivity contribution is 7.89. The first kappa shape index (κ1) is 12.8. The molecule has 0 aliphatic carbocycles. The minimum Gasteiger partial charge on any atom is -0.360 e. The average molecular weight is 290 g/mol. The molecule has 0 aliphatic heterocycles. The van der Waals surface area contributed by atoms with Crippen molar-refractivity contribution in [3.63, 3.8) is 0 Å². The van der Waals surface area contributed by atoms with Crippen molar-refractivity contribution >= 4 is 20.9 Å². The predicted octanol–water partition coefficient (Wildman–Crippen LogP) is 2.62. The predicted molar refractivity (Wildman–Crippen MR) is 75.1 cm³/mol. The van der Waals surface area contributed by atoms with Gasteiger partial charge in [0.1, 0.15) is 5.82 Å². The first-order valence-electron chi connectivity index (χ1n) is 5.85. The Labute approximate surface area is 115 Å². The molecule has 6 heteroatoms. The maximum Gasteiger partial charge on any atom is 0.238 e. The van der Waals surface area contributed by atoms with Gasteiger partial charge in [-0.3, -0.25) is 0 Å². The molecule has 0 aliphatic rings. The molecule has 2 aromatic carbocycles. The van der Waals surface area contributed by atoms with Gasteiger partial charge in [0.25, 0.3) is 0 Å². The molecular formula is C14H11FN2O2S. The Morgan fingerprint density at radius 1 is 1.05 bits per heavy atom. The SMILES string of the molecule is NS(=O)(=O)c1ccc(-c2c[nH]c3cc(F)ccc23)cc1. The number of rotatable bonds is 2. The molecule has 0 unspecified atom stereocenters. The van der Waals surface area contributed by atoms with Crippen molar-refractivity contribution in [1.29, 1.82) is 0 Å². The summed E-state index contributed by atoms with van der Waals surface area (Å²) in [7, 11) is -3.69. The fraction of sp³-hybridized carbons (Fsp3) is 0. The zero-order chi connectivity index (χ0) is 14.3. The smallest absolute Gasteiger partial charge is 0.238 e. The number of aromatic amines is 1. The van der Waals surface area contributed by atoms with Gasteiger partial charge in [-0.2, -0.15) is 0 Å². The van der Waals surface area contributed by atoms with Gasteiger partial charge in [-0.15, -0.1) is 0 Å². The van der Waals surface area contributed by atoms with Gasteiger partial charge in [0, 0.05) is 22.7 Å². The van der Waals surface area contributed by atoms with Crippen LogP contribution >= 0.6 is 0 Å². The van der Waals surface area contributed by atoms with Crippen molar-refractivity contribution in [3.8, 4) is 11.1 Å². The molecule has 0 fully saturated rings. The van der Waals surface area contributed by atoms with Gasteiger partial charge in [-0.05, 0) is 35.9 Å². The van der Waals surface area contributed by atoms with Crippen LogP contribution in [-0.2, 0) is 10.0 Å². The molecule has 4 nitrogen and oxygen atoms in total. The molecule has 0 spiro atoms. The van der Waals surface area contributed by atoms with Crippen molar-refractivity contribution in [3.05, 3.63) is 54.5 Å². The van der Waals surface area contributed by atoms with Crippen LogP contribution in [0.5, 0.6) is 0 Å². The lowest BCUT2D eigenvalue weighted by Crippen LogP contribution is -2.11. The number of H-pyrrole nitrogens is 1. The maximum atomic E-state index is 13.1. The second-order valence-corrected chi connectivity index (χ2v) is 6.02. The second-order valence-electron chi connectivity index (χ2n) is 4.46. The molecule has 0 saturated heterocycles. The van der Waals surface area contributed by atoms with Gasteiger partial charge < -0.3 is 4.98 Å². The van der Waals surface area contributed by atoms with Crippen LogP contribution in [0.4, 0.5) is 4.39 Å². The van der Waals surface area contributed by atoms with Crippen LogP contribution in [0, 0.1) is 5.82 Å². The Hall–Kier alpha value is -2.18. The molecule has 102 valence electrons. The van der Waals surface area contributed by atoms with E-state index in [-0.39, 0.29) is 10.7 Å². The molecule has 0 atom stereocenters. The fourth-order valence-corrected chi connectivity index (χ4v) is 2.68. The van der Waals surface area contributed by atoms with E-state index in [1.54, 1.807) is 24.4 Å². The van der Waals surface area contributed by atoms with Crippen LogP contribution in [0.3, 0.4) is 0 Å². The van der Waals surface area contributed by atoms with Crippen molar-refractivity contribution in [2.75, 3.05) is 0 Å². The highest BCUT2D eigenvalue weighted by Gasteiger charge is 2.10. The topological polar surface area (TPSA) is 76.0 Å². The molecular weight excluding hydrogens is 279 g/mol. The second kappa shape index (κ2) is 4.43. The normalized spacial score (nSPS) is 11.9. The van der Waals surface area contributed by atoms with E-state index in [4.69, 9.17) is 5.14 Å². The van der Waals surface area contributed by atoms with E-state index >= 15 is 0 Å². The van der Waals surface area contributed by atoms with Gasteiger partial charge in [-0.25, -0.2) is 17.9 Å². The number of primary sulfonamides is 1. The third kappa shape index (κ3) is 2.19. The summed E-state index contributed by atoms with van der Waals surface area (Å²) in [6, 6.07) is 10.7. The Morgan fingerprint density at radius 2 is 1.75 bits per heavy atom. The number of aromatic nitrogens is 1. The van der Waals surface area contributed by atoms with E-state index in [1.807, 2.05) is 0 Å². The number of hydrogen-bond donors (Lipinski definition) is 2. The molecule has 3 aromatic rings. The van der Waals surface area contributed by atoms with Crippen LogP contribution in [0.1, 0.15) is 0 Å². The van der Waals surface area contributed by atoms with E-state index in [9.17, 15) is 12.8 Å². The van der Waals surface area contributed by atoms with Crippen LogP contribution in [0.25, 0.3) is 22.0 Å². The molecule has 0 bridgehead atoms. The third-order valence-corrected chi connectivity index (χ3v) is 4.07. The summed E-state index contributed by atoms with van der Waals surface area (Å²) in [4.78, 5) is 3.05. The lowest BCUT2D eigenvalue weighted by Gasteiger charge is -2.02. The van der Waals surface area contributed by atoms with Gasteiger partial charge in [-0.1, -0.05) is 12.1 Å². The summed E-state index contributed by atoms with van der Waals surface area (Å²) in [5.41, 5.74) is 2.40. The number of fused-ring (bicyclic) bond motifs is 1. The zero-order valence-electron chi connectivity index (χ0n) is 10.3. The van der Waals surface area contributed by atoms with E-state index in [0.717, 1.165) is 16.5 Å². The summed E-state index contributed by atoms with van der Waals surface area (Å²) >= 11 is 0. The lowest BCUT2D eigenvalue weighted by atomic mass is 10.1. The fourth-order valence-electron chi connectivity index (χ4n) is 2.16. The van der Waals surface area contributed by atoms with Crippen molar-refractivity contribution in [1.82, 2.24) is 4.98 Å². The minimum atomic E-state index is -3.69. The minimum absolute atomic E-state index is 0.0622. The highest BCUT2D eigenvalue weighted by atomic mass is 32.2. The molecule has 0 radical (unpaired) electrons. The first-order chi connectivity index (χ1) is 9.45. The summed E-state index contributed by atoms with van der Waals surface area (Å²) < 4.78 is 35.6.